The number of hydrogen-bond acceptors (Lipinski definition) is 4. The van der Waals surface area contributed by atoms with Gasteiger partial charge in [0, 0.05) is 19.6 Å². The molecule has 7 heteroatoms. The Morgan fingerprint density at radius 1 is 1.15 bits per heavy atom. The average Bonchev–Trinajstić information content (AvgIpc) is 3.07. The number of likely N-dealkylation sites (tertiary alicyclic amines) is 2. The van der Waals surface area contributed by atoms with Crippen LogP contribution in [0.3, 0.4) is 0 Å². The first-order valence-electron chi connectivity index (χ1n) is 9.63. The topological polar surface area (TPSA) is 79.0 Å². The van der Waals surface area contributed by atoms with Crippen LogP contribution in [-0.4, -0.2) is 59.4 Å². The molecule has 0 unspecified atom stereocenters. The van der Waals surface area contributed by atoms with E-state index in [4.69, 9.17) is 4.74 Å². The van der Waals surface area contributed by atoms with Crippen molar-refractivity contribution in [3.8, 4) is 0 Å². The summed E-state index contributed by atoms with van der Waals surface area (Å²) < 4.78 is 5.18. The highest BCUT2D eigenvalue weighted by atomic mass is 16.5. The Labute approximate surface area is 159 Å². The van der Waals surface area contributed by atoms with Crippen LogP contribution >= 0.6 is 0 Å². The zero-order chi connectivity index (χ0) is 19.2. The van der Waals surface area contributed by atoms with Crippen LogP contribution in [0.2, 0.25) is 0 Å². The quantitative estimate of drug-likeness (QED) is 0.855. The van der Waals surface area contributed by atoms with Crippen molar-refractivity contribution in [2.75, 3.05) is 19.6 Å². The first kappa shape index (κ1) is 19.2. The number of carbonyl (C=O) groups excluding carboxylic acids is 3. The molecule has 0 saturated carbocycles. The van der Waals surface area contributed by atoms with Gasteiger partial charge in [0.15, 0.2) is 0 Å². The molecular formula is C20H27N3O4. The predicted octanol–water partition coefficient (Wildman–Crippen LogP) is 1.91. The monoisotopic (exact) mass is 373 g/mol. The molecule has 0 aromatic heterocycles. The van der Waals surface area contributed by atoms with Crippen molar-refractivity contribution in [1.82, 2.24) is 15.1 Å². The van der Waals surface area contributed by atoms with Gasteiger partial charge >= 0.3 is 6.09 Å². The molecular weight excluding hydrogens is 346 g/mol. The van der Waals surface area contributed by atoms with E-state index in [1.54, 1.807) is 11.8 Å². The van der Waals surface area contributed by atoms with E-state index in [2.05, 4.69) is 5.32 Å². The Balaban J connectivity index is 1.48. The van der Waals surface area contributed by atoms with Gasteiger partial charge in [0.2, 0.25) is 11.8 Å². The van der Waals surface area contributed by atoms with E-state index in [-0.39, 0.29) is 18.4 Å². The van der Waals surface area contributed by atoms with Crippen molar-refractivity contribution < 1.29 is 19.1 Å². The SMILES string of the molecule is C[C@@H](C(=O)N1CCCCC1)N1CC[C@@H](NC(=O)OCc2ccccc2)C1=O. The molecule has 0 radical (unpaired) electrons. The van der Waals surface area contributed by atoms with E-state index >= 15 is 0 Å². The van der Waals surface area contributed by atoms with Crippen molar-refractivity contribution in [2.24, 2.45) is 0 Å². The van der Waals surface area contributed by atoms with Gasteiger partial charge in [0.1, 0.15) is 18.7 Å². The van der Waals surface area contributed by atoms with Crippen molar-refractivity contribution in [3.63, 3.8) is 0 Å². The van der Waals surface area contributed by atoms with Crippen LogP contribution in [0.4, 0.5) is 4.79 Å². The number of carbonyl (C=O) groups is 3. The van der Waals surface area contributed by atoms with Crippen molar-refractivity contribution in [3.05, 3.63) is 35.9 Å². The highest BCUT2D eigenvalue weighted by Gasteiger charge is 2.39. The van der Waals surface area contributed by atoms with Crippen LogP contribution in [0.1, 0.15) is 38.2 Å². The average molecular weight is 373 g/mol. The summed E-state index contributed by atoms with van der Waals surface area (Å²) in [5, 5.41) is 2.62. The van der Waals surface area contributed by atoms with Gasteiger partial charge in [-0.15, -0.1) is 0 Å². The summed E-state index contributed by atoms with van der Waals surface area (Å²) in [6.07, 6.45) is 3.05. The van der Waals surface area contributed by atoms with Gasteiger partial charge < -0.3 is 19.9 Å². The molecule has 3 rings (SSSR count). The second kappa shape index (κ2) is 8.88. The fourth-order valence-electron chi connectivity index (χ4n) is 3.64. The first-order valence-corrected chi connectivity index (χ1v) is 9.63. The highest BCUT2D eigenvalue weighted by Crippen LogP contribution is 2.18. The standard InChI is InChI=1S/C20H27N3O4/c1-15(18(24)22-11-6-3-7-12-22)23-13-10-17(19(23)25)21-20(26)27-14-16-8-4-2-5-9-16/h2,4-5,8-9,15,17H,3,6-7,10-14H2,1H3,(H,21,26)/t15-,17+/m0/s1. The molecule has 7 nitrogen and oxygen atoms in total. The summed E-state index contributed by atoms with van der Waals surface area (Å²) in [6, 6.07) is 8.23. The Bertz CT molecular complexity index is 673. The van der Waals surface area contributed by atoms with E-state index in [0.717, 1.165) is 37.9 Å². The van der Waals surface area contributed by atoms with Crippen LogP contribution < -0.4 is 5.32 Å². The lowest BCUT2D eigenvalue weighted by Gasteiger charge is -2.32. The van der Waals surface area contributed by atoms with Gasteiger partial charge in [0.25, 0.3) is 0 Å². The minimum atomic E-state index is -0.634. The molecule has 0 aliphatic carbocycles. The Hall–Kier alpha value is -2.57. The van der Waals surface area contributed by atoms with Gasteiger partial charge in [-0.3, -0.25) is 9.59 Å². The minimum absolute atomic E-state index is 0.00430. The molecule has 1 aromatic rings. The third-order valence-electron chi connectivity index (χ3n) is 5.24. The number of amides is 3. The summed E-state index contributed by atoms with van der Waals surface area (Å²) in [7, 11) is 0. The Kier molecular flexibility index (Phi) is 6.32. The molecule has 146 valence electrons. The number of rotatable bonds is 5. The van der Waals surface area contributed by atoms with Crippen LogP contribution in [-0.2, 0) is 20.9 Å². The third kappa shape index (κ3) is 4.78. The molecule has 1 N–H and O–H groups in total. The maximum atomic E-state index is 12.6. The predicted molar refractivity (Wildman–Crippen MR) is 99.8 cm³/mol. The molecule has 2 aliphatic rings. The second-order valence-corrected chi connectivity index (χ2v) is 7.14. The van der Waals surface area contributed by atoms with Crippen LogP contribution in [0.15, 0.2) is 30.3 Å². The van der Waals surface area contributed by atoms with Gasteiger partial charge in [0.05, 0.1) is 0 Å². The summed E-state index contributed by atoms with van der Waals surface area (Å²) >= 11 is 0. The largest absolute Gasteiger partial charge is 0.445 e. The number of ether oxygens (including phenoxy) is 1. The lowest BCUT2D eigenvalue weighted by Crippen LogP contribution is -2.51. The van der Waals surface area contributed by atoms with Crippen LogP contribution in [0, 0.1) is 0 Å². The molecule has 2 fully saturated rings. The number of piperidine rings is 1. The zero-order valence-corrected chi connectivity index (χ0v) is 15.7. The highest BCUT2D eigenvalue weighted by molar-refractivity contribution is 5.92. The van der Waals surface area contributed by atoms with E-state index in [1.807, 2.05) is 35.2 Å². The van der Waals surface area contributed by atoms with Crippen molar-refractivity contribution in [2.45, 2.75) is 51.3 Å². The molecule has 2 saturated heterocycles. The van der Waals surface area contributed by atoms with E-state index < -0.39 is 18.2 Å². The lowest BCUT2D eigenvalue weighted by molar-refractivity contribution is -0.144. The third-order valence-corrected chi connectivity index (χ3v) is 5.24. The fraction of sp³-hybridized carbons (Fsp3) is 0.550. The van der Waals surface area contributed by atoms with E-state index in [9.17, 15) is 14.4 Å². The van der Waals surface area contributed by atoms with Gasteiger partial charge in [-0.05, 0) is 38.2 Å². The van der Waals surface area contributed by atoms with E-state index in [0.29, 0.717) is 13.0 Å². The summed E-state index contributed by atoms with van der Waals surface area (Å²) in [4.78, 5) is 40.7. The zero-order valence-electron chi connectivity index (χ0n) is 15.7. The molecule has 2 aliphatic heterocycles. The van der Waals surface area contributed by atoms with Crippen LogP contribution in [0.25, 0.3) is 0 Å². The van der Waals surface area contributed by atoms with Gasteiger partial charge in [-0.1, -0.05) is 30.3 Å². The number of benzene rings is 1. The maximum Gasteiger partial charge on any atom is 0.408 e. The molecule has 0 spiro atoms. The second-order valence-electron chi connectivity index (χ2n) is 7.14. The molecule has 1 aromatic carbocycles. The van der Waals surface area contributed by atoms with Gasteiger partial charge in [-0.2, -0.15) is 0 Å². The maximum absolute atomic E-state index is 12.6. The Morgan fingerprint density at radius 2 is 1.85 bits per heavy atom. The molecule has 2 heterocycles. The summed E-state index contributed by atoms with van der Waals surface area (Å²) in [5.74, 6) is -0.222. The summed E-state index contributed by atoms with van der Waals surface area (Å²) in [6.45, 7) is 3.91. The normalized spacial score (nSPS) is 21.1. The van der Waals surface area contributed by atoms with E-state index in [1.165, 1.54) is 0 Å². The Morgan fingerprint density at radius 3 is 2.56 bits per heavy atom. The molecule has 2 atom stereocenters. The fourth-order valence-corrected chi connectivity index (χ4v) is 3.64. The van der Waals surface area contributed by atoms with Gasteiger partial charge in [-0.25, -0.2) is 4.79 Å². The van der Waals surface area contributed by atoms with Crippen molar-refractivity contribution >= 4 is 17.9 Å². The number of hydrogen-bond donors (Lipinski definition) is 1. The first-order chi connectivity index (χ1) is 13.1. The smallest absolute Gasteiger partial charge is 0.408 e. The molecule has 3 amide bonds. The summed E-state index contributed by atoms with van der Waals surface area (Å²) in [5.41, 5.74) is 0.882. The number of nitrogens with one attached hydrogen (secondary N) is 1. The number of nitrogens with zero attached hydrogens (tertiary/aromatic N) is 2. The number of alkyl carbamates (subject to hydrolysis) is 1. The minimum Gasteiger partial charge on any atom is -0.445 e. The lowest BCUT2D eigenvalue weighted by atomic mass is 10.1. The molecule has 27 heavy (non-hydrogen) atoms. The van der Waals surface area contributed by atoms with Crippen molar-refractivity contribution in [1.29, 1.82) is 0 Å². The molecule has 0 bridgehead atoms. The van der Waals surface area contributed by atoms with Crippen LogP contribution in [0.5, 0.6) is 0 Å².